The molecule has 1 aliphatic heterocycles. The van der Waals surface area contributed by atoms with Gasteiger partial charge in [-0.15, -0.1) is 0 Å². The number of aliphatic hydroxyl groups is 1. The molecule has 1 fully saturated rings. The predicted molar refractivity (Wildman–Crippen MR) is 39.9 cm³/mol. The van der Waals surface area contributed by atoms with Crippen LogP contribution in [-0.2, 0) is 4.74 Å². The van der Waals surface area contributed by atoms with Crippen molar-refractivity contribution in [3.8, 4) is 0 Å². The van der Waals surface area contributed by atoms with Gasteiger partial charge in [-0.1, -0.05) is 13.8 Å². The van der Waals surface area contributed by atoms with E-state index >= 15 is 0 Å². The monoisotopic (exact) mass is 144 g/mol. The van der Waals surface area contributed by atoms with Crippen molar-refractivity contribution in [3.63, 3.8) is 0 Å². The fraction of sp³-hybridized carbons (Fsp3) is 1.00. The first kappa shape index (κ1) is 8.02. The van der Waals surface area contributed by atoms with Crippen molar-refractivity contribution in [1.29, 1.82) is 0 Å². The van der Waals surface area contributed by atoms with Crippen LogP contribution in [0.1, 0.15) is 33.6 Å². The van der Waals surface area contributed by atoms with Crippen molar-refractivity contribution in [2.45, 2.75) is 51.4 Å². The van der Waals surface area contributed by atoms with E-state index in [0.29, 0.717) is 6.10 Å². The van der Waals surface area contributed by atoms with Crippen molar-refractivity contribution >= 4 is 0 Å². The minimum atomic E-state index is -0.280. The van der Waals surface area contributed by atoms with Crippen LogP contribution < -0.4 is 0 Å². The second kappa shape index (κ2) is 2.51. The molecular formula is C8H16O2. The van der Waals surface area contributed by atoms with E-state index in [9.17, 15) is 5.11 Å². The lowest BCUT2D eigenvalue weighted by molar-refractivity contribution is 0.0817. The third-order valence-electron chi connectivity index (χ3n) is 2.40. The molecule has 1 saturated heterocycles. The number of rotatable bonds is 3. The molecule has 0 aromatic carbocycles. The van der Waals surface area contributed by atoms with Crippen molar-refractivity contribution in [3.05, 3.63) is 0 Å². The molecule has 2 heteroatoms. The van der Waals surface area contributed by atoms with Gasteiger partial charge in [0.05, 0.1) is 12.2 Å². The Morgan fingerprint density at radius 1 is 1.60 bits per heavy atom. The van der Waals surface area contributed by atoms with Crippen LogP contribution in [-0.4, -0.2) is 22.9 Å². The smallest absolute Gasteiger partial charge is 0.118 e. The lowest BCUT2D eigenvalue weighted by Crippen LogP contribution is -2.27. The Labute approximate surface area is 62.2 Å². The summed E-state index contributed by atoms with van der Waals surface area (Å²) in [7, 11) is 0. The summed E-state index contributed by atoms with van der Waals surface area (Å²) in [5.74, 6) is 0. The van der Waals surface area contributed by atoms with Crippen molar-refractivity contribution in [2.75, 3.05) is 0 Å². The van der Waals surface area contributed by atoms with Gasteiger partial charge in [0, 0.05) is 0 Å². The van der Waals surface area contributed by atoms with E-state index in [1.165, 1.54) is 0 Å². The van der Waals surface area contributed by atoms with E-state index in [1.54, 1.807) is 0 Å². The zero-order valence-corrected chi connectivity index (χ0v) is 6.92. The van der Waals surface area contributed by atoms with Gasteiger partial charge in [0.25, 0.3) is 0 Å². The first-order chi connectivity index (χ1) is 4.65. The minimum absolute atomic E-state index is 0.219. The summed E-state index contributed by atoms with van der Waals surface area (Å²) in [5.41, 5.74) is -0.219. The summed E-state index contributed by atoms with van der Waals surface area (Å²) in [6.07, 6.45) is 1.81. The molecule has 1 N–H and O–H groups in total. The molecule has 1 rings (SSSR count). The van der Waals surface area contributed by atoms with Crippen molar-refractivity contribution in [2.24, 2.45) is 0 Å². The average molecular weight is 144 g/mol. The molecule has 0 aromatic heterocycles. The highest BCUT2D eigenvalue weighted by Gasteiger charge is 2.55. The van der Waals surface area contributed by atoms with Gasteiger partial charge >= 0.3 is 0 Å². The van der Waals surface area contributed by atoms with E-state index in [0.717, 1.165) is 12.8 Å². The average Bonchev–Trinajstić information content (AvgIpc) is 2.61. The van der Waals surface area contributed by atoms with Crippen LogP contribution in [0.2, 0.25) is 0 Å². The molecule has 0 spiro atoms. The van der Waals surface area contributed by atoms with Crippen molar-refractivity contribution < 1.29 is 9.84 Å². The van der Waals surface area contributed by atoms with Crippen LogP contribution in [0, 0.1) is 0 Å². The number of aliphatic hydroxyl groups excluding tert-OH is 1. The van der Waals surface area contributed by atoms with Crippen LogP contribution in [0.5, 0.6) is 0 Å². The first-order valence-corrected chi connectivity index (χ1v) is 4.01. The van der Waals surface area contributed by atoms with E-state index < -0.39 is 0 Å². The third-order valence-corrected chi connectivity index (χ3v) is 2.40. The number of hydrogen-bond acceptors (Lipinski definition) is 2. The van der Waals surface area contributed by atoms with E-state index in [-0.39, 0.29) is 11.7 Å². The van der Waals surface area contributed by atoms with Crippen LogP contribution >= 0.6 is 0 Å². The first-order valence-electron chi connectivity index (χ1n) is 4.01. The van der Waals surface area contributed by atoms with E-state index in [2.05, 4.69) is 6.92 Å². The second-order valence-electron chi connectivity index (χ2n) is 3.12. The Bertz CT molecular complexity index is 124. The molecule has 10 heavy (non-hydrogen) atoms. The quantitative estimate of drug-likeness (QED) is 0.606. The van der Waals surface area contributed by atoms with E-state index in [1.807, 2.05) is 13.8 Å². The molecule has 3 atom stereocenters. The van der Waals surface area contributed by atoms with Crippen LogP contribution in [0.4, 0.5) is 0 Å². The SMILES string of the molecule is CC[C@@H]1O[C@@]1(C)[C@@H](O)CC. The number of epoxide rings is 1. The van der Waals surface area contributed by atoms with E-state index in [4.69, 9.17) is 4.74 Å². The molecule has 60 valence electrons. The predicted octanol–water partition coefficient (Wildman–Crippen LogP) is 1.32. The summed E-state index contributed by atoms with van der Waals surface area (Å²) in [4.78, 5) is 0. The summed E-state index contributed by atoms with van der Waals surface area (Å²) in [6, 6.07) is 0. The Morgan fingerprint density at radius 3 is 2.50 bits per heavy atom. The maximum Gasteiger partial charge on any atom is 0.118 e. The zero-order valence-electron chi connectivity index (χ0n) is 6.92. The Kier molecular flexibility index (Phi) is 2.02. The van der Waals surface area contributed by atoms with Gasteiger partial charge in [-0.05, 0) is 19.8 Å². The molecule has 0 unspecified atom stereocenters. The summed E-state index contributed by atoms with van der Waals surface area (Å²) in [6.45, 7) is 6.04. The largest absolute Gasteiger partial charge is 0.390 e. The van der Waals surface area contributed by atoms with Gasteiger partial charge in [0.1, 0.15) is 5.60 Å². The Hall–Kier alpha value is -0.0800. The fourth-order valence-electron chi connectivity index (χ4n) is 1.46. The lowest BCUT2D eigenvalue weighted by atomic mass is 9.97. The van der Waals surface area contributed by atoms with Gasteiger partial charge in [0.2, 0.25) is 0 Å². The lowest BCUT2D eigenvalue weighted by Gasteiger charge is -2.12. The molecule has 0 bridgehead atoms. The van der Waals surface area contributed by atoms with Crippen LogP contribution in [0.15, 0.2) is 0 Å². The zero-order chi connectivity index (χ0) is 7.78. The molecule has 0 amide bonds. The molecule has 0 radical (unpaired) electrons. The van der Waals surface area contributed by atoms with Gasteiger partial charge in [-0.25, -0.2) is 0 Å². The van der Waals surface area contributed by atoms with Crippen LogP contribution in [0.25, 0.3) is 0 Å². The normalized spacial score (nSPS) is 41.4. The fourth-order valence-corrected chi connectivity index (χ4v) is 1.46. The Balaban J connectivity index is 2.42. The van der Waals surface area contributed by atoms with Gasteiger partial charge in [0.15, 0.2) is 0 Å². The molecule has 1 heterocycles. The van der Waals surface area contributed by atoms with Crippen molar-refractivity contribution in [1.82, 2.24) is 0 Å². The number of ether oxygens (including phenoxy) is 1. The Morgan fingerprint density at radius 2 is 2.20 bits per heavy atom. The summed E-state index contributed by atoms with van der Waals surface area (Å²) in [5, 5.41) is 9.43. The second-order valence-corrected chi connectivity index (χ2v) is 3.12. The molecular weight excluding hydrogens is 128 g/mol. The molecule has 2 nitrogen and oxygen atoms in total. The maximum absolute atomic E-state index is 9.43. The molecule has 0 saturated carbocycles. The highest BCUT2D eigenvalue weighted by Crippen LogP contribution is 2.42. The molecule has 1 aliphatic rings. The number of hydrogen-bond donors (Lipinski definition) is 1. The third kappa shape index (κ3) is 1.06. The highest BCUT2D eigenvalue weighted by atomic mass is 16.6. The minimum Gasteiger partial charge on any atom is -0.390 e. The molecule has 0 aliphatic carbocycles. The molecule has 0 aromatic rings. The topological polar surface area (TPSA) is 32.8 Å². The van der Waals surface area contributed by atoms with Gasteiger partial charge in [-0.3, -0.25) is 0 Å². The summed E-state index contributed by atoms with van der Waals surface area (Å²) >= 11 is 0. The summed E-state index contributed by atoms with van der Waals surface area (Å²) < 4.78 is 5.36. The van der Waals surface area contributed by atoms with Gasteiger partial charge < -0.3 is 9.84 Å². The maximum atomic E-state index is 9.43. The highest BCUT2D eigenvalue weighted by molar-refractivity contribution is 5.02. The van der Waals surface area contributed by atoms with Gasteiger partial charge in [-0.2, -0.15) is 0 Å². The standard InChI is InChI=1S/C8H16O2/c1-4-6(9)8(3)7(5-2)10-8/h6-7,9H,4-5H2,1-3H3/t6-,7-,8-/m0/s1. The van der Waals surface area contributed by atoms with Crippen LogP contribution in [0.3, 0.4) is 0 Å².